The Morgan fingerprint density at radius 2 is 1.94 bits per heavy atom. The van der Waals surface area contributed by atoms with E-state index in [1.165, 1.54) is 29.5 Å². The number of piperidine rings is 1. The third-order valence-corrected chi connectivity index (χ3v) is 3.97. The van der Waals surface area contributed by atoms with E-state index in [0.717, 1.165) is 19.5 Å². The fourth-order valence-electron chi connectivity index (χ4n) is 2.78. The molecule has 2 rings (SSSR count). The number of nitrogens with zero attached hydrogens (tertiary/aromatic N) is 1. The molecule has 1 saturated heterocycles. The van der Waals surface area contributed by atoms with Crippen molar-refractivity contribution in [3.8, 4) is 0 Å². The zero-order valence-electron chi connectivity index (χ0n) is 10.9. The smallest absolute Gasteiger partial charge is 0.0586 e. The Balaban J connectivity index is 2.13. The van der Waals surface area contributed by atoms with Gasteiger partial charge in [-0.2, -0.15) is 0 Å². The number of likely N-dealkylation sites (tertiary alicyclic amines) is 1. The van der Waals surface area contributed by atoms with Crippen molar-refractivity contribution in [3.63, 3.8) is 0 Å². The van der Waals surface area contributed by atoms with E-state index in [1.54, 1.807) is 0 Å². The molecule has 2 heteroatoms. The molecule has 0 aliphatic carbocycles. The van der Waals surface area contributed by atoms with E-state index in [0.29, 0.717) is 12.6 Å². The first-order valence-electron chi connectivity index (χ1n) is 6.62. The second-order valence-electron chi connectivity index (χ2n) is 5.17. The number of benzene rings is 1. The Morgan fingerprint density at radius 3 is 2.59 bits per heavy atom. The summed E-state index contributed by atoms with van der Waals surface area (Å²) < 4.78 is 0. The highest BCUT2D eigenvalue weighted by Gasteiger charge is 2.22. The maximum atomic E-state index is 9.44. The highest BCUT2D eigenvalue weighted by atomic mass is 16.3. The first kappa shape index (κ1) is 12.6. The molecular weight excluding hydrogens is 210 g/mol. The predicted octanol–water partition coefficient (Wildman–Crippen LogP) is 2.65. The summed E-state index contributed by atoms with van der Waals surface area (Å²) in [5.74, 6) is 0. The molecule has 1 atom stereocenters. The van der Waals surface area contributed by atoms with E-state index in [4.69, 9.17) is 0 Å². The molecule has 0 amide bonds. The van der Waals surface area contributed by atoms with Crippen LogP contribution in [0.5, 0.6) is 0 Å². The van der Waals surface area contributed by atoms with E-state index in [2.05, 4.69) is 36.9 Å². The molecule has 0 bridgehead atoms. The highest BCUT2D eigenvalue weighted by molar-refractivity contribution is 5.33. The molecule has 94 valence electrons. The van der Waals surface area contributed by atoms with Crippen LogP contribution in [0.1, 0.15) is 36.0 Å². The van der Waals surface area contributed by atoms with Crippen molar-refractivity contribution in [2.24, 2.45) is 0 Å². The van der Waals surface area contributed by atoms with Gasteiger partial charge in [0.15, 0.2) is 0 Å². The van der Waals surface area contributed by atoms with Crippen molar-refractivity contribution < 1.29 is 5.11 Å². The Labute approximate surface area is 104 Å². The summed E-state index contributed by atoms with van der Waals surface area (Å²) in [5, 5.41) is 9.44. The van der Waals surface area contributed by atoms with Crippen molar-refractivity contribution in [1.29, 1.82) is 0 Å². The minimum Gasteiger partial charge on any atom is -0.395 e. The molecule has 17 heavy (non-hydrogen) atoms. The quantitative estimate of drug-likeness (QED) is 0.867. The predicted molar refractivity (Wildman–Crippen MR) is 71.1 cm³/mol. The van der Waals surface area contributed by atoms with Crippen LogP contribution in [0.3, 0.4) is 0 Å². The van der Waals surface area contributed by atoms with Crippen LogP contribution in [0.2, 0.25) is 0 Å². The molecule has 0 spiro atoms. The Kier molecular flexibility index (Phi) is 4.19. The number of aliphatic hydroxyl groups excluding tert-OH is 1. The average Bonchev–Trinajstić information content (AvgIpc) is 2.34. The molecule has 1 heterocycles. The van der Waals surface area contributed by atoms with Gasteiger partial charge in [-0.15, -0.1) is 0 Å². The third-order valence-electron chi connectivity index (χ3n) is 3.97. The van der Waals surface area contributed by atoms with Gasteiger partial charge in [0, 0.05) is 12.6 Å². The van der Waals surface area contributed by atoms with Crippen LogP contribution in [0.4, 0.5) is 0 Å². The van der Waals surface area contributed by atoms with Gasteiger partial charge >= 0.3 is 0 Å². The van der Waals surface area contributed by atoms with E-state index >= 15 is 0 Å². The summed E-state index contributed by atoms with van der Waals surface area (Å²) in [4.78, 5) is 2.44. The first-order chi connectivity index (χ1) is 8.22. The van der Waals surface area contributed by atoms with Crippen LogP contribution >= 0.6 is 0 Å². The van der Waals surface area contributed by atoms with Gasteiger partial charge in [0.25, 0.3) is 0 Å². The van der Waals surface area contributed by atoms with E-state index in [1.807, 2.05) is 0 Å². The van der Waals surface area contributed by atoms with E-state index in [-0.39, 0.29) is 0 Å². The Morgan fingerprint density at radius 1 is 1.24 bits per heavy atom. The topological polar surface area (TPSA) is 23.5 Å². The first-order valence-corrected chi connectivity index (χ1v) is 6.62. The van der Waals surface area contributed by atoms with E-state index < -0.39 is 0 Å². The maximum absolute atomic E-state index is 9.44. The van der Waals surface area contributed by atoms with Crippen LogP contribution in [0.15, 0.2) is 18.2 Å². The summed E-state index contributed by atoms with van der Waals surface area (Å²) in [5.41, 5.74) is 4.17. The van der Waals surface area contributed by atoms with Crippen molar-refractivity contribution in [2.45, 2.75) is 45.7 Å². The summed E-state index contributed by atoms with van der Waals surface area (Å²) in [6.07, 6.45) is 3.66. The van der Waals surface area contributed by atoms with Crippen molar-refractivity contribution in [2.75, 3.05) is 13.2 Å². The largest absolute Gasteiger partial charge is 0.395 e. The minimum absolute atomic E-state index is 0.297. The van der Waals surface area contributed by atoms with Gasteiger partial charge in [-0.3, -0.25) is 4.90 Å². The van der Waals surface area contributed by atoms with Gasteiger partial charge < -0.3 is 5.11 Å². The Bertz CT molecular complexity index is 355. The molecule has 1 fully saturated rings. The number of hydrogen-bond acceptors (Lipinski definition) is 2. The van der Waals surface area contributed by atoms with Crippen LogP contribution < -0.4 is 0 Å². The lowest BCUT2D eigenvalue weighted by Gasteiger charge is -2.35. The Hall–Kier alpha value is -0.860. The van der Waals surface area contributed by atoms with Crippen LogP contribution in [0.25, 0.3) is 0 Å². The van der Waals surface area contributed by atoms with Gasteiger partial charge in [0.2, 0.25) is 0 Å². The summed E-state index contributed by atoms with van der Waals surface area (Å²) in [6.45, 7) is 6.77. The molecule has 1 aromatic rings. The van der Waals surface area contributed by atoms with Gasteiger partial charge in [-0.25, -0.2) is 0 Å². The lowest BCUT2D eigenvalue weighted by molar-refractivity contribution is 0.0838. The minimum atomic E-state index is 0.297. The third kappa shape index (κ3) is 2.88. The van der Waals surface area contributed by atoms with Crippen molar-refractivity contribution >= 4 is 0 Å². The number of rotatable bonds is 3. The molecule has 1 aliphatic heterocycles. The van der Waals surface area contributed by atoms with Crippen molar-refractivity contribution in [3.05, 3.63) is 34.9 Å². The molecule has 0 aromatic heterocycles. The number of hydrogen-bond donors (Lipinski definition) is 1. The lowest BCUT2D eigenvalue weighted by Crippen LogP contribution is -2.41. The molecule has 2 nitrogen and oxygen atoms in total. The maximum Gasteiger partial charge on any atom is 0.0586 e. The standard InChI is InChI=1S/C15H23NO/c1-12-6-5-7-13(2)15(12)10-16-9-4-3-8-14(16)11-17/h5-7,14,17H,3-4,8-11H2,1-2H3. The fraction of sp³-hybridized carbons (Fsp3) is 0.600. The second-order valence-corrected chi connectivity index (χ2v) is 5.17. The van der Waals surface area contributed by atoms with Crippen molar-refractivity contribution in [1.82, 2.24) is 4.90 Å². The normalized spacial score (nSPS) is 21.7. The summed E-state index contributed by atoms with van der Waals surface area (Å²) in [6, 6.07) is 6.84. The van der Waals surface area contributed by atoms with Crippen LogP contribution in [-0.2, 0) is 6.54 Å². The zero-order chi connectivity index (χ0) is 12.3. The molecular formula is C15H23NO. The summed E-state index contributed by atoms with van der Waals surface area (Å²) in [7, 11) is 0. The number of aryl methyl sites for hydroxylation is 2. The van der Waals surface area contributed by atoms with Gasteiger partial charge in [-0.05, 0) is 49.9 Å². The second kappa shape index (κ2) is 5.65. The van der Waals surface area contributed by atoms with E-state index in [9.17, 15) is 5.11 Å². The molecule has 1 aromatic carbocycles. The zero-order valence-corrected chi connectivity index (χ0v) is 10.9. The van der Waals surface area contributed by atoms with Crippen LogP contribution in [0, 0.1) is 13.8 Å². The monoisotopic (exact) mass is 233 g/mol. The molecule has 1 N–H and O–H groups in total. The summed E-state index contributed by atoms with van der Waals surface area (Å²) >= 11 is 0. The molecule has 0 radical (unpaired) electrons. The van der Waals surface area contributed by atoms with Gasteiger partial charge in [0.1, 0.15) is 0 Å². The molecule has 1 aliphatic rings. The lowest BCUT2D eigenvalue weighted by atomic mass is 9.98. The number of aliphatic hydroxyl groups is 1. The molecule has 1 unspecified atom stereocenters. The van der Waals surface area contributed by atoms with Gasteiger partial charge in [-0.1, -0.05) is 24.6 Å². The molecule has 0 saturated carbocycles. The van der Waals surface area contributed by atoms with Crippen LogP contribution in [-0.4, -0.2) is 29.2 Å². The fourth-order valence-corrected chi connectivity index (χ4v) is 2.78. The van der Waals surface area contributed by atoms with Gasteiger partial charge in [0.05, 0.1) is 6.61 Å². The average molecular weight is 233 g/mol. The SMILES string of the molecule is Cc1cccc(C)c1CN1CCCCC1CO. The highest BCUT2D eigenvalue weighted by Crippen LogP contribution is 2.22.